The molecule has 0 saturated carbocycles. The number of imidazole rings is 1. The number of hydrogen-bond acceptors (Lipinski definition) is 1. The Morgan fingerprint density at radius 3 is 2.60 bits per heavy atom. The maximum atomic E-state index is 11.9. The number of benzene rings is 1. The van der Waals surface area contributed by atoms with Crippen molar-refractivity contribution >= 4 is 27.0 Å². The Morgan fingerprint density at radius 1 is 1.40 bits per heavy atom. The third-order valence-corrected chi connectivity index (χ3v) is 2.63. The summed E-state index contributed by atoms with van der Waals surface area (Å²) in [7, 11) is 1.78. The van der Waals surface area contributed by atoms with E-state index in [0.717, 1.165) is 15.5 Å². The van der Waals surface area contributed by atoms with E-state index in [1.807, 2.05) is 24.3 Å². The van der Waals surface area contributed by atoms with E-state index in [-0.39, 0.29) is 5.69 Å². The zero-order valence-electron chi connectivity index (χ0n) is 8.40. The van der Waals surface area contributed by atoms with Crippen LogP contribution in [0, 0.1) is 0 Å². The first-order chi connectivity index (χ1) is 7.11. The molecule has 4 heteroatoms. The largest absolute Gasteiger partial charge is 0.329 e. The fourth-order valence-corrected chi connectivity index (χ4v) is 1.94. The molecule has 0 saturated heterocycles. The Labute approximate surface area is 95.8 Å². The molecule has 1 aromatic carbocycles. The molecule has 0 unspecified atom stereocenters. The zero-order chi connectivity index (χ0) is 11.0. The van der Waals surface area contributed by atoms with Crippen LogP contribution in [0.25, 0.3) is 11.0 Å². The van der Waals surface area contributed by atoms with Crippen molar-refractivity contribution in [2.24, 2.45) is 7.05 Å². The molecule has 78 valence electrons. The van der Waals surface area contributed by atoms with Gasteiger partial charge in [-0.2, -0.15) is 0 Å². The van der Waals surface area contributed by atoms with E-state index in [4.69, 9.17) is 0 Å². The molecule has 0 N–H and O–H groups in total. The van der Waals surface area contributed by atoms with Gasteiger partial charge in [-0.05, 0) is 12.1 Å². The molecule has 0 radical (unpaired) electrons. The van der Waals surface area contributed by atoms with Crippen LogP contribution in [0.3, 0.4) is 0 Å². The van der Waals surface area contributed by atoms with Gasteiger partial charge in [-0.3, -0.25) is 9.13 Å². The van der Waals surface area contributed by atoms with Crippen molar-refractivity contribution < 1.29 is 0 Å². The molecule has 0 atom stereocenters. The first-order valence-electron chi connectivity index (χ1n) is 4.59. The lowest BCUT2D eigenvalue weighted by Crippen LogP contribution is -2.22. The lowest BCUT2D eigenvalue weighted by Gasteiger charge is -1.99. The van der Waals surface area contributed by atoms with E-state index >= 15 is 0 Å². The van der Waals surface area contributed by atoms with Gasteiger partial charge in [0, 0.05) is 11.5 Å². The predicted molar refractivity (Wildman–Crippen MR) is 65.2 cm³/mol. The maximum Gasteiger partial charge on any atom is 0.329 e. The molecule has 0 aliphatic heterocycles. The Bertz CT molecular complexity index is 580. The minimum atomic E-state index is -0.0169. The van der Waals surface area contributed by atoms with Crippen molar-refractivity contribution in [2.45, 2.75) is 6.54 Å². The van der Waals surface area contributed by atoms with Crippen LogP contribution in [-0.4, -0.2) is 9.13 Å². The first-order valence-corrected chi connectivity index (χ1v) is 5.38. The highest BCUT2D eigenvalue weighted by atomic mass is 79.9. The monoisotopic (exact) mass is 266 g/mol. The number of nitrogens with zero attached hydrogens (tertiary/aromatic N) is 2. The third kappa shape index (κ3) is 1.65. The van der Waals surface area contributed by atoms with Crippen molar-refractivity contribution in [1.82, 2.24) is 9.13 Å². The Morgan fingerprint density at radius 2 is 2.00 bits per heavy atom. The van der Waals surface area contributed by atoms with E-state index < -0.39 is 0 Å². The van der Waals surface area contributed by atoms with Gasteiger partial charge in [0.2, 0.25) is 0 Å². The normalized spacial score (nSPS) is 10.8. The average Bonchev–Trinajstić information content (AvgIpc) is 2.44. The molecule has 15 heavy (non-hydrogen) atoms. The van der Waals surface area contributed by atoms with Crippen LogP contribution in [0.4, 0.5) is 0 Å². The lowest BCUT2D eigenvalue weighted by molar-refractivity contribution is 0.746. The van der Waals surface area contributed by atoms with Gasteiger partial charge >= 0.3 is 5.69 Å². The zero-order valence-corrected chi connectivity index (χ0v) is 9.99. The molecule has 0 amide bonds. The second kappa shape index (κ2) is 3.70. The number of aryl methyl sites for hydroxylation is 1. The van der Waals surface area contributed by atoms with Gasteiger partial charge < -0.3 is 0 Å². The highest BCUT2D eigenvalue weighted by Gasteiger charge is 2.09. The molecule has 2 aromatic rings. The summed E-state index contributed by atoms with van der Waals surface area (Å²) in [6.07, 6.45) is 0. The van der Waals surface area contributed by atoms with Gasteiger partial charge in [0.1, 0.15) is 0 Å². The molecule has 0 bridgehead atoms. The molecule has 3 nitrogen and oxygen atoms in total. The van der Waals surface area contributed by atoms with Crippen LogP contribution < -0.4 is 5.69 Å². The van der Waals surface area contributed by atoms with Crippen molar-refractivity contribution in [1.29, 1.82) is 0 Å². The van der Waals surface area contributed by atoms with E-state index in [0.29, 0.717) is 6.54 Å². The Balaban J connectivity index is 2.78. The molecule has 0 aliphatic rings. The maximum absolute atomic E-state index is 11.9. The molecule has 0 aliphatic carbocycles. The summed E-state index contributed by atoms with van der Waals surface area (Å²) in [6.45, 7) is 4.26. The van der Waals surface area contributed by atoms with Crippen LogP contribution in [0.15, 0.2) is 40.1 Å². The van der Waals surface area contributed by atoms with Crippen molar-refractivity contribution in [3.05, 3.63) is 45.8 Å². The van der Waals surface area contributed by atoms with Crippen LogP contribution >= 0.6 is 15.9 Å². The minimum Gasteiger partial charge on any atom is -0.295 e. The summed E-state index contributed by atoms with van der Waals surface area (Å²) in [5.74, 6) is 0. The molecule has 1 heterocycles. The lowest BCUT2D eigenvalue weighted by atomic mass is 10.3. The number of halogens is 1. The predicted octanol–water partition coefficient (Wildman–Crippen LogP) is 2.25. The smallest absolute Gasteiger partial charge is 0.295 e. The second-order valence-electron chi connectivity index (χ2n) is 3.43. The first kappa shape index (κ1) is 10.2. The van der Waals surface area contributed by atoms with Crippen molar-refractivity contribution in [3.63, 3.8) is 0 Å². The second-order valence-corrected chi connectivity index (χ2v) is 4.56. The Kier molecular flexibility index (Phi) is 2.52. The summed E-state index contributed by atoms with van der Waals surface area (Å²) in [5, 5.41) is 0. The van der Waals surface area contributed by atoms with Gasteiger partial charge in [-0.1, -0.05) is 34.6 Å². The third-order valence-electron chi connectivity index (χ3n) is 2.38. The van der Waals surface area contributed by atoms with Crippen molar-refractivity contribution in [2.75, 3.05) is 0 Å². The fourth-order valence-electron chi connectivity index (χ4n) is 1.69. The summed E-state index contributed by atoms with van der Waals surface area (Å²) < 4.78 is 4.14. The van der Waals surface area contributed by atoms with Crippen LogP contribution in [0.5, 0.6) is 0 Å². The number of aromatic nitrogens is 2. The number of rotatable bonds is 2. The van der Waals surface area contributed by atoms with Gasteiger partial charge in [0.05, 0.1) is 17.6 Å². The van der Waals surface area contributed by atoms with Crippen LogP contribution in [-0.2, 0) is 13.6 Å². The number of fused-ring (bicyclic) bond motifs is 1. The number of hydrogen-bond donors (Lipinski definition) is 0. The molecular formula is C11H11BrN2O. The number of allylic oxidation sites excluding steroid dienone is 1. The van der Waals surface area contributed by atoms with E-state index in [1.54, 1.807) is 16.2 Å². The molecular weight excluding hydrogens is 256 g/mol. The molecule has 1 aromatic heterocycles. The molecule has 0 spiro atoms. The van der Waals surface area contributed by atoms with Crippen LogP contribution in [0.1, 0.15) is 0 Å². The summed E-state index contributed by atoms with van der Waals surface area (Å²) in [6, 6.07) is 7.72. The van der Waals surface area contributed by atoms with E-state index in [2.05, 4.69) is 22.5 Å². The van der Waals surface area contributed by atoms with Gasteiger partial charge in [0.15, 0.2) is 0 Å². The average molecular weight is 267 g/mol. The summed E-state index contributed by atoms with van der Waals surface area (Å²) in [5.41, 5.74) is 1.86. The van der Waals surface area contributed by atoms with E-state index in [1.165, 1.54) is 0 Å². The molecule has 0 fully saturated rings. The standard InChI is InChI=1S/C11H11BrN2O/c1-8(12)7-14-10-6-4-3-5-9(10)13(2)11(14)15/h3-6H,1,7H2,2H3. The highest BCUT2D eigenvalue weighted by molar-refractivity contribution is 9.11. The molecule has 2 rings (SSSR count). The van der Waals surface area contributed by atoms with Gasteiger partial charge in [-0.15, -0.1) is 0 Å². The van der Waals surface area contributed by atoms with Gasteiger partial charge in [0.25, 0.3) is 0 Å². The minimum absolute atomic E-state index is 0.0169. The van der Waals surface area contributed by atoms with Gasteiger partial charge in [-0.25, -0.2) is 4.79 Å². The van der Waals surface area contributed by atoms with E-state index in [9.17, 15) is 4.79 Å². The summed E-state index contributed by atoms with van der Waals surface area (Å²) in [4.78, 5) is 11.9. The summed E-state index contributed by atoms with van der Waals surface area (Å²) >= 11 is 3.28. The SMILES string of the molecule is C=C(Br)Cn1c(=O)n(C)c2ccccc21. The number of para-hydroxylation sites is 2. The quantitative estimate of drug-likeness (QED) is 0.819. The Hall–Kier alpha value is -1.29. The van der Waals surface area contributed by atoms with Crippen LogP contribution in [0.2, 0.25) is 0 Å². The fraction of sp³-hybridized carbons (Fsp3) is 0.182. The highest BCUT2D eigenvalue weighted by Crippen LogP contribution is 2.14. The topological polar surface area (TPSA) is 26.9 Å². The van der Waals surface area contributed by atoms with Crippen molar-refractivity contribution in [3.8, 4) is 0 Å².